The molecule has 2 unspecified atom stereocenters. The summed E-state index contributed by atoms with van der Waals surface area (Å²) in [7, 11) is -3.18. The Morgan fingerprint density at radius 1 is 1.42 bits per heavy atom. The van der Waals surface area contributed by atoms with Gasteiger partial charge in [0.1, 0.15) is 5.82 Å². The van der Waals surface area contributed by atoms with Crippen molar-refractivity contribution in [2.24, 2.45) is 0 Å². The third-order valence-corrected chi connectivity index (χ3v) is 5.29. The molecule has 2 atom stereocenters. The van der Waals surface area contributed by atoms with Crippen LogP contribution in [0.3, 0.4) is 0 Å². The molecule has 0 bridgehead atoms. The summed E-state index contributed by atoms with van der Waals surface area (Å²) >= 11 is 3.13. The van der Waals surface area contributed by atoms with E-state index in [0.29, 0.717) is 11.0 Å². The van der Waals surface area contributed by atoms with Crippen molar-refractivity contribution < 1.29 is 12.8 Å². The smallest absolute Gasteiger partial charge is 0.151 e. The number of nitrogens with one attached hydrogen (secondary N) is 1. The van der Waals surface area contributed by atoms with Crippen LogP contribution < -0.4 is 5.32 Å². The molecular weight excluding hydrogens is 333 g/mol. The molecule has 0 saturated carbocycles. The van der Waals surface area contributed by atoms with Crippen LogP contribution in [0, 0.1) is 5.82 Å². The minimum atomic E-state index is -3.18. The first-order chi connectivity index (χ1) is 8.77. The molecule has 19 heavy (non-hydrogen) atoms. The van der Waals surface area contributed by atoms with Gasteiger partial charge < -0.3 is 5.32 Å². The highest BCUT2D eigenvalue weighted by atomic mass is 79.9. The van der Waals surface area contributed by atoms with Crippen LogP contribution in [0.2, 0.25) is 0 Å². The van der Waals surface area contributed by atoms with Crippen molar-refractivity contribution in [3.8, 4) is 0 Å². The first kappa shape index (κ1) is 16.6. The fourth-order valence-corrected chi connectivity index (χ4v) is 2.95. The molecule has 1 rings (SSSR count). The number of rotatable bonds is 6. The zero-order valence-electron chi connectivity index (χ0n) is 11.3. The normalized spacial score (nSPS) is 15.2. The molecule has 0 heterocycles. The fraction of sp³-hybridized carbons (Fsp3) is 0.538. The average Bonchev–Trinajstić information content (AvgIpc) is 2.32. The van der Waals surface area contributed by atoms with E-state index in [0.717, 1.165) is 12.0 Å². The lowest BCUT2D eigenvalue weighted by atomic mass is 10.0. The summed E-state index contributed by atoms with van der Waals surface area (Å²) in [4.78, 5) is 0. The van der Waals surface area contributed by atoms with Crippen molar-refractivity contribution in [3.05, 3.63) is 34.1 Å². The van der Waals surface area contributed by atoms with Crippen molar-refractivity contribution >= 4 is 25.8 Å². The Hall–Kier alpha value is -0.460. The van der Waals surface area contributed by atoms with Gasteiger partial charge in [-0.05, 0) is 53.5 Å². The van der Waals surface area contributed by atoms with E-state index in [2.05, 4.69) is 21.2 Å². The Bertz CT molecular complexity index is 533. The molecule has 0 aliphatic rings. The maximum absolute atomic E-state index is 13.3. The highest BCUT2D eigenvalue weighted by Gasteiger charge is 2.27. The number of halogens is 2. The summed E-state index contributed by atoms with van der Waals surface area (Å²) < 4.78 is 37.1. The van der Waals surface area contributed by atoms with Gasteiger partial charge in [0.05, 0.1) is 9.72 Å². The van der Waals surface area contributed by atoms with E-state index in [1.54, 1.807) is 19.1 Å². The predicted octanol–water partition coefficient (Wildman–Crippen LogP) is 3.06. The molecule has 108 valence electrons. The molecule has 0 fully saturated rings. The van der Waals surface area contributed by atoms with Crippen LogP contribution in [-0.4, -0.2) is 26.5 Å². The van der Waals surface area contributed by atoms with Crippen LogP contribution in [0.15, 0.2) is 22.7 Å². The second-order valence-corrected chi connectivity index (χ2v) is 7.90. The molecule has 0 radical (unpaired) electrons. The van der Waals surface area contributed by atoms with Gasteiger partial charge in [0.2, 0.25) is 0 Å². The van der Waals surface area contributed by atoms with Crippen molar-refractivity contribution in [1.29, 1.82) is 0 Å². The Kier molecular flexibility index (Phi) is 5.95. The van der Waals surface area contributed by atoms with E-state index < -0.39 is 15.1 Å². The van der Waals surface area contributed by atoms with E-state index >= 15 is 0 Å². The zero-order chi connectivity index (χ0) is 14.6. The molecule has 0 saturated heterocycles. The number of sulfone groups is 1. The lowest BCUT2D eigenvalue weighted by Gasteiger charge is -2.24. The standard InChI is InChI=1S/C13H19BrFNO2S/c1-4-7-16-13(9(2)19(3,17)18)10-5-6-12(15)11(14)8-10/h5-6,8-9,13,16H,4,7H2,1-3H3. The monoisotopic (exact) mass is 351 g/mol. The zero-order valence-corrected chi connectivity index (χ0v) is 13.7. The van der Waals surface area contributed by atoms with Crippen LogP contribution in [0.4, 0.5) is 4.39 Å². The molecule has 1 aromatic rings. The van der Waals surface area contributed by atoms with Crippen molar-refractivity contribution in [2.75, 3.05) is 12.8 Å². The summed E-state index contributed by atoms with van der Waals surface area (Å²) in [5.41, 5.74) is 0.764. The lowest BCUT2D eigenvalue weighted by Crippen LogP contribution is -2.35. The summed E-state index contributed by atoms with van der Waals surface area (Å²) in [6, 6.07) is 4.25. The quantitative estimate of drug-likeness (QED) is 0.856. The number of benzene rings is 1. The summed E-state index contributed by atoms with van der Waals surface area (Å²) in [6.07, 6.45) is 2.12. The van der Waals surface area contributed by atoms with Gasteiger partial charge in [0, 0.05) is 12.3 Å². The van der Waals surface area contributed by atoms with E-state index in [4.69, 9.17) is 0 Å². The predicted molar refractivity (Wildman–Crippen MR) is 79.4 cm³/mol. The molecule has 0 aromatic heterocycles. The second kappa shape index (κ2) is 6.81. The van der Waals surface area contributed by atoms with Gasteiger partial charge in [-0.1, -0.05) is 13.0 Å². The lowest BCUT2D eigenvalue weighted by molar-refractivity contribution is 0.499. The van der Waals surface area contributed by atoms with Gasteiger partial charge in [-0.15, -0.1) is 0 Å². The van der Waals surface area contributed by atoms with Crippen LogP contribution in [0.25, 0.3) is 0 Å². The molecule has 0 spiro atoms. The molecule has 0 amide bonds. The molecular formula is C13H19BrFNO2S. The Labute approximate surface area is 122 Å². The first-order valence-corrected chi connectivity index (χ1v) is 8.89. The topological polar surface area (TPSA) is 46.2 Å². The summed E-state index contributed by atoms with van der Waals surface area (Å²) in [5, 5.41) is 2.64. The summed E-state index contributed by atoms with van der Waals surface area (Å²) in [5.74, 6) is -0.356. The van der Waals surface area contributed by atoms with Crippen molar-refractivity contribution in [2.45, 2.75) is 31.6 Å². The van der Waals surface area contributed by atoms with Gasteiger partial charge in [-0.2, -0.15) is 0 Å². The Morgan fingerprint density at radius 2 is 2.05 bits per heavy atom. The average molecular weight is 352 g/mol. The molecule has 1 aromatic carbocycles. The van der Waals surface area contributed by atoms with E-state index in [9.17, 15) is 12.8 Å². The van der Waals surface area contributed by atoms with E-state index in [1.807, 2.05) is 6.92 Å². The summed E-state index contributed by atoms with van der Waals surface area (Å²) in [6.45, 7) is 4.38. The Morgan fingerprint density at radius 3 is 2.53 bits per heavy atom. The van der Waals surface area contributed by atoms with Crippen LogP contribution in [0.1, 0.15) is 31.9 Å². The third kappa shape index (κ3) is 4.54. The minimum absolute atomic E-state index is 0.341. The second-order valence-electron chi connectivity index (χ2n) is 4.64. The van der Waals surface area contributed by atoms with Crippen LogP contribution >= 0.6 is 15.9 Å². The third-order valence-electron chi connectivity index (χ3n) is 3.06. The van der Waals surface area contributed by atoms with Crippen molar-refractivity contribution in [3.63, 3.8) is 0 Å². The van der Waals surface area contributed by atoms with Crippen molar-refractivity contribution in [1.82, 2.24) is 5.32 Å². The van der Waals surface area contributed by atoms with Crippen LogP contribution in [0.5, 0.6) is 0 Å². The Balaban J connectivity index is 3.12. The van der Waals surface area contributed by atoms with Gasteiger partial charge in [0.15, 0.2) is 9.84 Å². The van der Waals surface area contributed by atoms with E-state index in [-0.39, 0.29) is 11.9 Å². The molecule has 1 N–H and O–H groups in total. The maximum atomic E-state index is 13.3. The van der Waals surface area contributed by atoms with Gasteiger partial charge in [0.25, 0.3) is 0 Å². The molecule has 6 heteroatoms. The molecule has 0 aliphatic heterocycles. The highest BCUT2D eigenvalue weighted by molar-refractivity contribution is 9.10. The highest BCUT2D eigenvalue weighted by Crippen LogP contribution is 2.26. The van der Waals surface area contributed by atoms with Gasteiger partial charge in [-0.3, -0.25) is 0 Å². The first-order valence-electron chi connectivity index (χ1n) is 6.14. The van der Waals surface area contributed by atoms with E-state index in [1.165, 1.54) is 12.3 Å². The fourth-order valence-electron chi connectivity index (χ4n) is 1.81. The largest absolute Gasteiger partial charge is 0.309 e. The number of hydrogen-bond acceptors (Lipinski definition) is 3. The minimum Gasteiger partial charge on any atom is -0.309 e. The molecule has 0 aliphatic carbocycles. The maximum Gasteiger partial charge on any atom is 0.151 e. The van der Waals surface area contributed by atoms with Gasteiger partial charge in [-0.25, -0.2) is 12.8 Å². The SMILES string of the molecule is CCCNC(c1ccc(F)c(Br)c1)C(C)S(C)(=O)=O. The van der Waals surface area contributed by atoms with Gasteiger partial charge >= 0.3 is 0 Å². The number of hydrogen-bond donors (Lipinski definition) is 1. The molecule has 3 nitrogen and oxygen atoms in total. The van der Waals surface area contributed by atoms with Crippen LogP contribution in [-0.2, 0) is 9.84 Å².